The van der Waals surface area contributed by atoms with E-state index < -0.39 is 84.1 Å². The predicted molar refractivity (Wildman–Crippen MR) is 134 cm³/mol. The van der Waals surface area contributed by atoms with E-state index in [-0.39, 0.29) is 14.7 Å². The molecule has 4 amide bonds. The molecule has 0 aliphatic carbocycles. The Morgan fingerprint density at radius 3 is 1.83 bits per heavy atom. The molecule has 3 heterocycles. The molecule has 2 aromatic rings. The number of nitrogens with zero attached hydrogens (tertiary/aromatic N) is 5. The summed E-state index contributed by atoms with van der Waals surface area (Å²) >= 11 is 0. The van der Waals surface area contributed by atoms with E-state index in [1.54, 1.807) is 0 Å². The fraction of sp³-hybridized carbons (Fsp3) is 0.500. The number of ether oxygens (including phenoxy) is 2. The molecule has 264 valence electrons. The van der Waals surface area contributed by atoms with E-state index >= 15 is 0 Å². The second kappa shape index (κ2) is 14.3. The summed E-state index contributed by atoms with van der Waals surface area (Å²) in [5.41, 5.74) is -2.31. The number of carbonyl (C=O) groups excluding carboxylic acids is 2. The minimum atomic E-state index is -4.94. The van der Waals surface area contributed by atoms with E-state index in [0.29, 0.717) is 30.5 Å². The Balaban J connectivity index is 0.000000329. The molecular weight excluding hydrogens is 680 g/mol. The molecule has 3 unspecified atom stereocenters. The highest BCUT2D eigenvalue weighted by molar-refractivity contribution is 5.94. The summed E-state index contributed by atoms with van der Waals surface area (Å²) in [5, 5.41) is 11.6. The molecule has 1 aliphatic heterocycles. The molecule has 11 nitrogen and oxygen atoms in total. The fourth-order valence-corrected chi connectivity index (χ4v) is 4.00. The molecule has 3 atom stereocenters. The number of hydrogen-bond acceptors (Lipinski definition) is 7. The Hall–Kier alpha value is -4.12. The van der Waals surface area contributed by atoms with Crippen molar-refractivity contribution in [3.63, 3.8) is 0 Å². The molecule has 23 heteroatoms. The Morgan fingerprint density at radius 1 is 0.915 bits per heavy atom. The van der Waals surface area contributed by atoms with Gasteiger partial charge in [0.15, 0.2) is 24.6 Å². The first-order chi connectivity index (χ1) is 21.4. The molecule has 0 bridgehead atoms. The summed E-state index contributed by atoms with van der Waals surface area (Å²) < 4.78 is 163. The maximum Gasteiger partial charge on any atom is 0.416 e. The Morgan fingerprint density at radius 2 is 1.40 bits per heavy atom. The van der Waals surface area contributed by atoms with Crippen molar-refractivity contribution in [2.24, 2.45) is 0 Å². The third-order valence-electron chi connectivity index (χ3n) is 6.24. The minimum absolute atomic E-state index is 0.174. The first-order valence-electron chi connectivity index (χ1n) is 12.4. The molecule has 1 fully saturated rings. The van der Waals surface area contributed by atoms with Gasteiger partial charge in [0, 0.05) is 40.7 Å². The van der Waals surface area contributed by atoms with Gasteiger partial charge in [0.25, 0.3) is 0 Å². The van der Waals surface area contributed by atoms with Crippen LogP contribution in [-0.4, -0.2) is 102 Å². The quantitative estimate of drug-likeness (QED) is 0.308. The number of rotatable bonds is 6. The molecule has 0 saturated carbocycles. The molecule has 1 aliphatic rings. The van der Waals surface area contributed by atoms with Crippen LogP contribution >= 0.6 is 0 Å². The zero-order valence-corrected chi connectivity index (χ0v) is 24.1. The van der Waals surface area contributed by atoms with Gasteiger partial charge < -0.3 is 24.4 Å². The van der Waals surface area contributed by atoms with Gasteiger partial charge in [-0.05, 0) is 24.3 Å². The van der Waals surface area contributed by atoms with Gasteiger partial charge in [-0.1, -0.05) is 0 Å². The van der Waals surface area contributed by atoms with Crippen LogP contribution in [-0.2, 0) is 21.8 Å². The highest BCUT2D eigenvalue weighted by atomic mass is 19.4. The van der Waals surface area contributed by atoms with Gasteiger partial charge in [-0.3, -0.25) is 5.32 Å². The molecular formula is C24H24F12N6O5. The van der Waals surface area contributed by atoms with E-state index in [4.69, 9.17) is 0 Å². The lowest BCUT2D eigenvalue weighted by molar-refractivity contribution is -0.247. The summed E-state index contributed by atoms with van der Waals surface area (Å²) in [4.78, 5) is 31.3. The first kappa shape index (κ1) is 39.1. The van der Waals surface area contributed by atoms with E-state index in [1.807, 2.05) is 5.32 Å². The van der Waals surface area contributed by atoms with Crippen LogP contribution in [0.15, 0.2) is 36.7 Å². The number of hydrogen-bond donors (Lipinski definition) is 2. The number of alkyl halides is 12. The Labute approximate surface area is 256 Å². The molecule has 2 N–H and O–H groups in total. The van der Waals surface area contributed by atoms with Crippen molar-refractivity contribution in [3.05, 3.63) is 47.8 Å². The number of pyridine rings is 2. The van der Waals surface area contributed by atoms with Crippen LogP contribution in [0, 0.1) is 0 Å². The maximum absolute atomic E-state index is 13.2. The SMILES string of the molecule is CN1C(=O)N(c2cc(C(F)(F)F)ccn2)C(O)C1C(F)(F)F.COC(OC)C(N(C)C(=O)Nc1cc(C(F)(F)F)ccn1)C(F)(F)F. The number of urea groups is 2. The number of halogens is 12. The normalized spacial score (nSPS) is 18.2. The van der Waals surface area contributed by atoms with Crippen LogP contribution in [0.3, 0.4) is 0 Å². The highest BCUT2D eigenvalue weighted by Crippen LogP contribution is 2.37. The van der Waals surface area contributed by atoms with Crippen LogP contribution < -0.4 is 10.2 Å². The smallest absolute Gasteiger partial charge is 0.370 e. The third kappa shape index (κ3) is 9.47. The van der Waals surface area contributed by atoms with Gasteiger partial charge in [0.1, 0.15) is 11.6 Å². The number of methoxy groups -OCH3 is 2. The van der Waals surface area contributed by atoms with Gasteiger partial charge in [-0.2, -0.15) is 52.7 Å². The highest BCUT2D eigenvalue weighted by Gasteiger charge is 2.58. The van der Waals surface area contributed by atoms with E-state index in [2.05, 4.69) is 19.4 Å². The van der Waals surface area contributed by atoms with Crippen LogP contribution in [0.5, 0.6) is 0 Å². The molecule has 0 radical (unpaired) electrons. The number of likely N-dealkylation sites (N-methyl/N-ethyl adjacent to an activating group) is 2. The second-order valence-electron chi connectivity index (χ2n) is 9.36. The van der Waals surface area contributed by atoms with Gasteiger partial charge in [-0.25, -0.2) is 24.5 Å². The number of nitrogens with one attached hydrogen (secondary N) is 1. The molecule has 0 spiro atoms. The van der Waals surface area contributed by atoms with Gasteiger partial charge >= 0.3 is 36.8 Å². The summed E-state index contributed by atoms with van der Waals surface area (Å²) in [6, 6.07) is -5.54. The number of aliphatic hydroxyl groups excluding tert-OH is 1. The standard InChI is InChI=1S/C13H15F6N3O3.C11H9F6N3O2/c1-22(9(13(17,18)19)10(24-2)25-3)11(23)21-8-6-7(4-5-20-8)12(14,15)16;1-19-7(11(15,16)17)8(21)20(9(19)22)6-4-5(2-3-18-6)10(12,13)14/h4-6,9-10H,1-3H3,(H,20,21,23);2-4,7-8,21H,1H3. The van der Waals surface area contributed by atoms with Crippen LogP contribution in [0.25, 0.3) is 0 Å². The van der Waals surface area contributed by atoms with Gasteiger partial charge in [0.05, 0.1) is 11.1 Å². The fourth-order valence-electron chi connectivity index (χ4n) is 4.00. The summed E-state index contributed by atoms with van der Waals surface area (Å²) in [6.07, 6.45) is -22.1. The van der Waals surface area contributed by atoms with Crippen LogP contribution in [0.2, 0.25) is 0 Å². The number of aromatic nitrogens is 2. The molecule has 47 heavy (non-hydrogen) atoms. The van der Waals surface area contributed by atoms with Gasteiger partial charge in [-0.15, -0.1) is 0 Å². The van der Waals surface area contributed by atoms with E-state index in [9.17, 15) is 67.4 Å². The van der Waals surface area contributed by atoms with Crippen molar-refractivity contribution in [1.82, 2.24) is 19.8 Å². The van der Waals surface area contributed by atoms with Crippen LogP contribution in [0.4, 0.5) is 73.9 Å². The summed E-state index contributed by atoms with van der Waals surface area (Å²) in [5.74, 6) is -1.27. The van der Waals surface area contributed by atoms with Crippen molar-refractivity contribution < 1.29 is 76.9 Å². The zero-order valence-electron chi connectivity index (χ0n) is 24.1. The number of anilines is 2. The molecule has 0 aromatic carbocycles. The maximum atomic E-state index is 13.2. The van der Waals surface area contributed by atoms with E-state index in [0.717, 1.165) is 34.5 Å². The molecule has 3 rings (SSSR count). The second-order valence-corrected chi connectivity index (χ2v) is 9.36. The summed E-state index contributed by atoms with van der Waals surface area (Å²) in [6.45, 7) is 0. The zero-order chi connectivity index (χ0) is 36.3. The predicted octanol–water partition coefficient (Wildman–Crippen LogP) is 5.34. The van der Waals surface area contributed by atoms with E-state index in [1.165, 1.54) is 0 Å². The topological polar surface area (TPSA) is 120 Å². The van der Waals surface area contributed by atoms with Crippen molar-refractivity contribution in [2.45, 2.75) is 49.3 Å². The molecule has 1 saturated heterocycles. The number of aliphatic hydroxyl groups is 1. The minimum Gasteiger partial charge on any atom is -0.370 e. The lowest BCUT2D eigenvalue weighted by Gasteiger charge is -2.33. The van der Waals surface area contributed by atoms with Crippen molar-refractivity contribution in [2.75, 3.05) is 38.5 Å². The van der Waals surface area contributed by atoms with Gasteiger partial charge in [0.2, 0.25) is 0 Å². The Bertz CT molecular complexity index is 1380. The van der Waals surface area contributed by atoms with Crippen molar-refractivity contribution in [1.29, 1.82) is 0 Å². The van der Waals surface area contributed by atoms with Crippen LogP contribution in [0.1, 0.15) is 11.1 Å². The number of carbonyl (C=O) groups is 2. The average molecular weight is 704 g/mol. The van der Waals surface area contributed by atoms with Crippen molar-refractivity contribution in [3.8, 4) is 0 Å². The monoisotopic (exact) mass is 704 g/mol. The molecule has 2 aromatic heterocycles. The lowest BCUT2D eigenvalue weighted by Crippen LogP contribution is -2.55. The largest absolute Gasteiger partial charge is 0.416 e. The average Bonchev–Trinajstić information content (AvgIpc) is 3.17. The lowest BCUT2D eigenvalue weighted by atomic mass is 10.2. The summed E-state index contributed by atoms with van der Waals surface area (Å²) in [7, 11) is 3.49. The number of amides is 4. The third-order valence-corrected chi connectivity index (χ3v) is 6.24. The Kier molecular flexibility index (Phi) is 11.9. The first-order valence-corrected chi connectivity index (χ1v) is 12.4. The van der Waals surface area contributed by atoms with Crippen molar-refractivity contribution >= 4 is 23.7 Å².